The summed E-state index contributed by atoms with van der Waals surface area (Å²) in [7, 11) is 0. The molecule has 112 valence electrons. The first kappa shape index (κ1) is 14.6. The normalized spacial score (nSPS) is 19.6. The maximum absolute atomic E-state index is 12.3. The third-order valence-electron chi connectivity index (χ3n) is 3.70. The maximum atomic E-state index is 12.3. The highest BCUT2D eigenvalue weighted by Gasteiger charge is 2.46. The number of rotatable bonds is 3. The third-order valence-corrected chi connectivity index (χ3v) is 3.94. The molecule has 0 aromatic heterocycles. The second-order valence-corrected chi connectivity index (χ2v) is 5.66. The van der Waals surface area contributed by atoms with Crippen molar-refractivity contribution in [3.63, 3.8) is 0 Å². The number of nitrogens with two attached hydrogens (primary N) is 1. The average molecular weight is 317 g/mol. The van der Waals surface area contributed by atoms with Gasteiger partial charge in [-0.25, -0.2) is 0 Å². The van der Waals surface area contributed by atoms with Crippen molar-refractivity contribution in [1.29, 1.82) is 0 Å². The zero-order valence-corrected chi connectivity index (χ0v) is 12.2. The zero-order chi connectivity index (χ0) is 15.9. The first-order valence-corrected chi connectivity index (χ1v) is 7.00. The van der Waals surface area contributed by atoms with Crippen molar-refractivity contribution in [2.45, 2.75) is 12.0 Å². The van der Waals surface area contributed by atoms with E-state index in [1.54, 1.807) is 36.4 Å². The van der Waals surface area contributed by atoms with Crippen LogP contribution in [0.25, 0.3) is 0 Å². The summed E-state index contributed by atoms with van der Waals surface area (Å²) in [6, 6.07) is 11.0. The van der Waals surface area contributed by atoms with E-state index in [0.29, 0.717) is 27.5 Å². The average Bonchev–Trinajstić information content (AvgIpc) is 2.71. The van der Waals surface area contributed by atoms with Crippen LogP contribution >= 0.6 is 11.6 Å². The number of anilines is 2. The molecular formula is C16H13ClN2O3. The highest BCUT2D eigenvalue weighted by molar-refractivity contribution is 6.31. The van der Waals surface area contributed by atoms with Gasteiger partial charge >= 0.3 is 0 Å². The van der Waals surface area contributed by atoms with Crippen LogP contribution in [-0.4, -0.2) is 16.8 Å². The number of aliphatic hydroxyl groups is 1. The molecule has 0 saturated carbocycles. The molecule has 2 aromatic carbocycles. The molecule has 4 N–H and O–H groups in total. The molecule has 1 heterocycles. The van der Waals surface area contributed by atoms with Gasteiger partial charge in [-0.15, -0.1) is 0 Å². The Kier molecular flexibility index (Phi) is 3.39. The lowest BCUT2D eigenvalue weighted by atomic mass is 9.88. The van der Waals surface area contributed by atoms with E-state index >= 15 is 0 Å². The summed E-state index contributed by atoms with van der Waals surface area (Å²) in [6.07, 6.45) is -0.365. The molecule has 6 heteroatoms. The van der Waals surface area contributed by atoms with Gasteiger partial charge in [0.2, 0.25) is 0 Å². The van der Waals surface area contributed by atoms with Gasteiger partial charge in [-0.2, -0.15) is 0 Å². The summed E-state index contributed by atoms with van der Waals surface area (Å²) in [5.74, 6) is -0.987. The number of Topliss-reactive ketones (excluding diaryl/α,β-unsaturated/α-hetero) is 1. The molecule has 0 radical (unpaired) electrons. The van der Waals surface area contributed by atoms with Gasteiger partial charge in [-0.3, -0.25) is 9.59 Å². The molecule has 1 unspecified atom stereocenters. The largest absolute Gasteiger partial charge is 0.399 e. The Morgan fingerprint density at radius 3 is 2.59 bits per heavy atom. The number of fused-ring (bicyclic) bond motifs is 1. The van der Waals surface area contributed by atoms with Gasteiger partial charge < -0.3 is 16.2 Å². The van der Waals surface area contributed by atoms with Gasteiger partial charge in [-0.05, 0) is 42.5 Å². The topological polar surface area (TPSA) is 92.4 Å². The second-order valence-electron chi connectivity index (χ2n) is 5.23. The summed E-state index contributed by atoms with van der Waals surface area (Å²) >= 11 is 5.92. The molecule has 0 bridgehead atoms. The summed E-state index contributed by atoms with van der Waals surface area (Å²) < 4.78 is 0. The Hall–Kier alpha value is -2.37. The number of ketones is 1. The van der Waals surface area contributed by atoms with E-state index < -0.39 is 11.5 Å². The Labute approximate surface area is 131 Å². The molecule has 0 aliphatic carbocycles. The SMILES string of the molecule is Nc1ccc(C(=O)CC2(O)C(=O)Nc3ccc(Cl)cc32)cc1. The van der Waals surface area contributed by atoms with Crippen LogP contribution in [0, 0.1) is 0 Å². The molecular weight excluding hydrogens is 304 g/mol. The van der Waals surface area contributed by atoms with Crippen LogP contribution in [0.2, 0.25) is 5.02 Å². The number of halogens is 1. The Morgan fingerprint density at radius 2 is 1.91 bits per heavy atom. The Balaban J connectivity index is 1.94. The molecule has 0 fully saturated rings. The Morgan fingerprint density at radius 1 is 1.23 bits per heavy atom. The summed E-state index contributed by atoms with van der Waals surface area (Å²) in [6.45, 7) is 0. The smallest absolute Gasteiger partial charge is 0.261 e. The van der Waals surface area contributed by atoms with Crippen molar-refractivity contribution in [3.8, 4) is 0 Å². The predicted octanol–water partition coefficient (Wildman–Crippen LogP) is 2.33. The van der Waals surface area contributed by atoms with Crippen molar-refractivity contribution in [2.75, 3.05) is 11.1 Å². The predicted molar refractivity (Wildman–Crippen MR) is 83.8 cm³/mol. The molecule has 1 amide bonds. The van der Waals surface area contributed by atoms with Crippen LogP contribution in [0.4, 0.5) is 11.4 Å². The molecule has 0 saturated heterocycles. The number of hydrogen-bond donors (Lipinski definition) is 3. The van der Waals surface area contributed by atoms with Crippen molar-refractivity contribution < 1.29 is 14.7 Å². The zero-order valence-electron chi connectivity index (χ0n) is 11.5. The molecule has 1 aliphatic heterocycles. The third kappa shape index (κ3) is 2.34. The quantitative estimate of drug-likeness (QED) is 0.598. The highest BCUT2D eigenvalue weighted by Crippen LogP contribution is 2.40. The monoisotopic (exact) mass is 316 g/mol. The van der Waals surface area contributed by atoms with Crippen molar-refractivity contribution in [2.24, 2.45) is 0 Å². The fraction of sp³-hybridized carbons (Fsp3) is 0.125. The number of carbonyl (C=O) groups is 2. The van der Waals surface area contributed by atoms with Crippen molar-refractivity contribution >= 4 is 34.7 Å². The number of carbonyl (C=O) groups excluding carboxylic acids is 2. The van der Waals surface area contributed by atoms with E-state index in [1.807, 2.05) is 0 Å². The lowest BCUT2D eigenvalue weighted by Gasteiger charge is -2.20. The first-order chi connectivity index (χ1) is 10.4. The van der Waals surface area contributed by atoms with Crippen LogP contribution in [-0.2, 0) is 10.4 Å². The lowest BCUT2D eigenvalue weighted by molar-refractivity contribution is -0.133. The summed E-state index contributed by atoms with van der Waals surface area (Å²) in [4.78, 5) is 24.5. The van der Waals surface area contributed by atoms with Crippen LogP contribution in [0.5, 0.6) is 0 Å². The van der Waals surface area contributed by atoms with Crippen molar-refractivity contribution in [1.82, 2.24) is 0 Å². The highest BCUT2D eigenvalue weighted by atomic mass is 35.5. The summed E-state index contributed by atoms with van der Waals surface area (Å²) in [5, 5.41) is 13.7. The molecule has 22 heavy (non-hydrogen) atoms. The van der Waals surface area contributed by atoms with Crippen molar-refractivity contribution in [3.05, 3.63) is 58.6 Å². The number of benzene rings is 2. The fourth-order valence-electron chi connectivity index (χ4n) is 2.49. The van der Waals surface area contributed by atoms with Gasteiger partial charge in [0.15, 0.2) is 11.4 Å². The minimum atomic E-state index is -1.92. The van der Waals surface area contributed by atoms with Gasteiger partial charge in [-0.1, -0.05) is 11.6 Å². The molecule has 3 rings (SSSR count). The van der Waals surface area contributed by atoms with Gasteiger partial charge in [0.1, 0.15) is 0 Å². The van der Waals surface area contributed by atoms with Crippen LogP contribution in [0.15, 0.2) is 42.5 Å². The Bertz CT molecular complexity index is 773. The van der Waals surface area contributed by atoms with Gasteiger partial charge in [0.25, 0.3) is 5.91 Å². The first-order valence-electron chi connectivity index (χ1n) is 6.63. The molecule has 1 atom stereocenters. The van der Waals surface area contributed by atoms with Gasteiger partial charge in [0, 0.05) is 27.5 Å². The van der Waals surface area contributed by atoms with E-state index in [0.717, 1.165) is 0 Å². The van der Waals surface area contributed by atoms with Crippen LogP contribution in [0.3, 0.4) is 0 Å². The molecule has 2 aromatic rings. The summed E-state index contributed by atoms with van der Waals surface area (Å²) in [5.41, 5.74) is 5.35. The minimum Gasteiger partial charge on any atom is -0.399 e. The van der Waals surface area contributed by atoms with E-state index in [9.17, 15) is 14.7 Å². The minimum absolute atomic E-state index is 0.314. The van der Waals surface area contributed by atoms with Crippen LogP contribution < -0.4 is 11.1 Å². The van der Waals surface area contributed by atoms with Gasteiger partial charge in [0.05, 0.1) is 6.42 Å². The number of amides is 1. The van der Waals surface area contributed by atoms with E-state index in [1.165, 1.54) is 6.07 Å². The molecule has 0 spiro atoms. The maximum Gasteiger partial charge on any atom is 0.261 e. The standard InChI is InChI=1S/C16H13ClN2O3/c17-10-3-6-13-12(7-10)16(22,15(21)19-13)8-14(20)9-1-4-11(18)5-2-9/h1-7,22H,8,18H2,(H,19,21). The van der Waals surface area contributed by atoms with E-state index in [2.05, 4.69) is 5.32 Å². The second kappa shape index (κ2) is 5.12. The number of nitrogen functional groups attached to an aromatic ring is 1. The molecule has 5 nitrogen and oxygen atoms in total. The number of nitrogens with one attached hydrogen (secondary N) is 1. The fourth-order valence-corrected chi connectivity index (χ4v) is 2.67. The van der Waals surface area contributed by atoms with E-state index in [-0.39, 0.29) is 12.2 Å². The van der Waals surface area contributed by atoms with Crippen LogP contribution in [0.1, 0.15) is 22.3 Å². The lowest BCUT2D eigenvalue weighted by Crippen LogP contribution is -2.36. The molecule has 1 aliphatic rings. The van der Waals surface area contributed by atoms with E-state index in [4.69, 9.17) is 17.3 Å². The number of hydrogen-bond acceptors (Lipinski definition) is 4.